The van der Waals surface area contributed by atoms with Crippen LogP contribution in [0.15, 0.2) is 24.4 Å². The maximum atomic E-state index is 13.6. The molecule has 0 bridgehead atoms. The Labute approximate surface area is 133 Å². The van der Waals surface area contributed by atoms with Crippen LogP contribution in [0.1, 0.15) is 53.1 Å². The van der Waals surface area contributed by atoms with Gasteiger partial charge in [-0.25, -0.2) is 4.39 Å². The SMILES string of the molecule is Cn1cc(C(=O)NCc2cc(F)ccc2C2CCCC2)c(F)n1. The van der Waals surface area contributed by atoms with Crippen LogP contribution in [0.4, 0.5) is 8.78 Å². The second-order valence-corrected chi connectivity index (χ2v) is 6.01. The summed E-state index contributed by atoms with van der Waals surface area (Å²) in [6, 6.07) is 4.71. The van der Waals surface area contributed by atoms with Gasteiger partial charge in [0.05, 0.1) is 0 Å². The minimum absolute atomic E-state index is 0.105. The molecule has 1 aliphatic rings. The van der Waals surface area contributed by atoms with Crippen LogP contribution in [0.2, 0.25) is 0 Å². The highest BCUT2D eigenvalue weighted by molar-refractivity contribution is 5.93. The van der Waals surface area contributed by atoms with Crippen molar-refractivity contribution < 1.29 is 13.6 Å². The molecular formula is C17H19F2N3O. The van der Waals surface area contributed by atoms with Crippen LogP contribution in [-0.4, -0.2) is 15.7 Å². The third-order valence-corrected chi connectivity index (χ3v) is 4.37. The zero-order valence-electron chi connectivity index (χ0n) is 13.0. The fraction of sp³-hybridized carbons (Fsp3) is 0.412. The van der Waals surface area contributed by atoms with Gasteiger partial charge in [-0.15, -0.1) is 5.10 Å². The molecule has 1 fully saturated rings. The van der Waals surface area contributed by atoms with Crippen molar-refractivity contribution in [3.8, 4) is 0 Å². The van der Waals surface area contributed by atoms with Gasteiger partial charge >= 0.3 is 0 Å². The van der Waals surface area contributed by atoms with Crippen LogP contribution in [0.5, 0.6) is 0 Å². The molecule has 0 atom stereocenters. The van der Waals surface area contributed by atoms with Crippen molar-refractivity contribution in [1.82, 2.24) is 15.1 Å². The Bertz CT molecular complexity index is 721. The van der Waals surface area contributed by atoms with Gasteiger partial charge in [0.2, 0.25) is 5.95 Å². The summed E-state index contributed by atoms with van der Waals surface area (Å²) < 4.78 is 28.3. The van der Waals surface area contributed by atoms with Gasteiger partial charge in [-0.2, -0.15) is 4.39 Å². The molecule has 0 aliphatic heterocycles. The molecule has 0 unspecified atom stereocenters. The zero-order chi connectivity index (χ0) is 16.4. The van der Waals surface area contributed by atoms with E-state index >= 15 is 0 Å². The van der Waals surface area contributed by atoms with Crippen molar-refractivity contribution in [3.05, 3.63) is 52.9 Å². The van der Waals surface area contributed by atoms with E-state index in [0.29, 0.717) is 5.92 Å². The summed E-state index contributed by atoms with van der Waals surface area (Å²) in [4.78, 5) is 12.1. The van der Waals surface area contributed by atoms with Crippen molar-refractivity contribution in [2.75, 3.05) is 0 Å². The lowest BCUT2D eigenvalue weighted by molar-refractivity contribution is 0.0946. The number of halogens is 2. The second kappa shape index (κ2) is 6.48. The number of aromatic nitrogens is 2. The molecule has 4 nitrogen and oxygen atoms in total. The summed E-state index contributed by atoms with van der Waals surface area (Å²) >= 11 is 0. The van der Waals surface area contributed by atoms with Crippen molar-refractivity contribution in [2.45, 2.75) is 38.1 Å². The number of nitrogens with zero attached hydrogens (tertiary/aromatic N) is 2. The zero-order valence-corrected chi connectivity index (χ0v) is 13.0. The predicted octanol–water partition coefficient (Wildman–Crippen LogP) is 3.29. The smallest absolute Gasteiger partial charge is 0.257 e. The van der Waals surface area contributed by atoms with Crippen molar-refractivity contribution in [2.24, 2.45) is 7.05 Å². The molecule has 0 radical (unpaired) electrons. The predicted molar refractivity (Wildman–Crippen MR) is 81.9 cm³/mol. The molecule has 6 heteroatoms. The van der Waals surface area contributed by atoms with E-state index in [9.17, 15) is 13.6 Å². The number of carbonyl (C=O) groups excluding carboxylic acids is 1. The van der Waals surface area contributed by atoms with Crippen LogP contribution in [0.3, 0.4) is 0 Å². The van der Waals surface area contributed by atoms with E-state index in [1.54, 1.807) is 13.1 Å². The molecule has 3 rings (SSSR count). The minimum atomic E-state index is -0.805. The van der Waals surface area contributed by atoms with Gasteiger partial charge in [0.15, 0.2) is 0 Å². The normalized spacial score (nSPS) is 15.1. The number of hydrogen-bond donors (Lipinski definition) is 1. The van der Waals surface area contributed by atoms with E-state index in [4.69, 9.17) is 0 Å². The molecule has 122 valence electrons. The lowest BCUT2D eigenvalue weighted by Crippen LogP contribution is -2.24. The topological polar surface area (TPSA) is 46.9 Å². The fourth-order valence-corrected chi connectivity index (χ4v) is 3.25. The van der Waals surface area contributed by atoms with Crippen molar-refractivity contribution in [1.29, 1.82) is 0 Å². The van der Waals surface area contributed by atoms with E-state index < -0.39 is 11.9 Å². The van der Waals surface area contributed by atoms with Gasteiger partial charge < -0.3 is 5.32 Å². The van der Waals surface area contributed by atoms with E-state index in [0.717, 1.165) is 24.0 Å². The van der Waals surface area contributed by atoms with Gasteiger partial charge in [0.1, 0.15) is 11.4 Å². The molecule has 1 amide bonds. The summed E-state index contributed by atoms with van der Waals surface area (Å²) in [5.41, 5.74) is 1.73. The van der Waals surface area contributed by atoms with Crippen LogP contribution in [0, 0.1) is 11.8 Å². The Morgan fingerprint density at radius 3 is 2.74 bits per heavy atom. The Kier molecular flexibility index (Phi) is 4.41. The Morgan fingerprint density at radius 1 is 1.35 bits per heavy atom. The minimum Gasteiger partial charge on any atom is -0.348 e. The molecule has 2 aromatic rings. The molecule has 1 aliphatic carbocycles. The lowest BCUT2D eigenvalue weighted by atomic mass is 9.92. The quantitative estimate of drug-likeness (QED) is 0.940. The molecule has 1 heterocycles. The number of amides is 1. The number of nitrogens with one attached hydrogen (secondary N) is 1. The molecule has 1 saturated carbocycles. The monoisotopic (exact) mass is 319 g/mol. The van der Waals surface area contributed by atoms with E-state index in [1.807, 2.05) is 0 Å². The summed E-state index contributed by atoms with van der Waals surface area (Å²) in [5.74, 6) is -1.27. The molecule has 0 saturated heterocycles. The standard InChI is InChI=1S/C17H19F2N3O/c1-22-10-15(16(19)21-22)17(23)20-9-12-8-13(18)6-7-14(12)11-4-2-3-5-11/h6-8,10-11H,2-5,9H2,1H3,(H,20,23). The molecule has 1 aromatic heterocycles. The van der Waals surface area contributed by atoms with E-state index in [2.05, 4.69) is 10.4 Å². The number of benzene rings is 1. The van der Waals surface area contributed by atoms with Gasteiger partial charge in [-0.1, -0.05) is 18.9 Å². The van der Waals surface area contributed by atoms with Crippen LogP contribution in [-0.2, 0) is 13.6 Å². The highest BCUT2D eigenvalue weighted by Gasteiger charge is 2.21. The third kappa shape index (κ3) is 3.41. The number of rotatable bonds is 4. The average Bonchev–Trinajstić information content (AvgIpc) is 3.14. The first kappa shape index (κ1) is 15.6. The third-order valence-electron chi connectivity index (χ3n) is 4.37. The van der Waals surface area contributed by atoms with E-state index in [-0.39, 0.29) is 17.9 Å². The largest absolute Gasteiger partial charge is 0.348 e. The summed E-state index contributed by atoms with van der Waals surface area (Å²) in [6.45, 7) is 0.177. The number of carbonyl (C=O) groups is 1. The van der Waals surface area contributed by atoms with Gasteiger partial charge in [-0.3, -0.25) is 9.48 Å². The molecule has 23 heavy (non-hydrogen) atoms. The Hall–Kier alpha value is -2.24. The fourth-order valence-electron chi connectivity index (χ4n) is 3.25. The Morgan fingerprint density at radius 2 is 2.09 bits per heavy atom. The summed E-state index contributed by atoms with van der Waals surface area (Å²) in [7, 11) is 1.55. The van der Waals surface area contributed by atoms with Crippen LogP contribution >= 0.6 is 0 Å². The molecular weight excluding hydrogens is 300 g/mol. The molecule has 1 aromatic carbocycles. The van der Waals surface area contributed by atoms with Gasteiger partial charge in [0.25, 0.3) is 5.91 Å². The van der Waals surface area contributed by atoms with Crippen LogP contribution < -0.4 is 5.32 Å². The first-order valence-electron chi connectivity index (χ1n) is 7.80. The summed E-state index contributed by atoms with van der Waals surface area (Å²) in [5, 5.41) is 6.17. The lowest BCUT2D eigenvalue weighted by Gasteiger charge is -2.16. The number of hydrogen-bond acceptors (Lipinski definition) is 2. The summed E-state index contributed by atoms with van der Waals surface area (Å²) in [6.07, 6.45) is 5.85. The Balaban J connectivity index is 1.75. The first-order valence-corrected chi connectivity index (χ1v) is 7.80. The van der Waals surface area contributed by atoms with Gasteiger partial charge in [-0.05, 0) is 42.0 Å². The van der Waals surface area contributed by atoms with Crippen molar-refractivity contribution in [3.63, 3.8) is 0 Å². The van der Waals surface area contributed by atoms with Crippen molar-refractivity contribution >= 4 is 5.91 Å². The molecule has 1 N–H and O–H groups in total. The first-order chi connectivity index (χ1) is 11.0. The highest BCUT2D eigenvalue weighted by atomic mass is 19.1. The maximum Gasteiger partial charge on any atom is 0.257 e. The molecule has 0 spiro atoms. The number of aryl methyl sites for hydroxylation is 1. The van der Waals surface area contributed by atoms with E-state index in [1.165, 1.54) is 35.9 Å². The maximum absolute atomic E-state index is 13.6. The van der Waals surface area contributed by atoms with Crippen LogP contribution in [0.25, 0.3) is 0 Å². The second-order valence-electron chi connectivity index (χ2n) is 6.01. The van der Waals surface area contributed by atoms with Gasteiger partial charge in [0, 0.05) is 19.8 Å². The average molecular weight is 319 g/mol. The highest BCUT2D eigenvalue weighted by Crippen LogP contribution is 2.36.